The molecule has 1 aromatic rings. The highest BCUT2D eigenvalue weighted by molar-refractivity contribution is 5.15. The normalized spacial score (nSPS) is 25.2. The van der Waals surface area contributed by atoms with E-state index in [1.54, 1.807) is 0 Å². The van der Waals surface area contributed by atoms with Crippen LogP contribution in [-0.2, 0) is 6.54 Å². The Hall–Kier alpha value is -0.900. The highest BCUT2D eigenvalue weighted by atomic mass is 16.3. The van der Waals surface area contributed by atoms with E-state index in [-0.39, 0.29) is 12.1 Å². The Morgan fingerprint density at radius 2 is 1.90 bits per heavy atom. The summed E-state index contributed by atoms with van der Waals surface area (Å²) in [5.41, 5.74) is 1.17. The zero-order valence-corrected chi connectivity index (χ0v) is 13.0. The number of hydrogen-bond donors (Lipinski definition) is 1. The maximum absolute atomic E-state index is 9.88. The first-order valence-electron chi connectivity index (χ1n) is 7.45. The zero-order chi connectivity index (χ0) is 14.6. The van der Waals surface area contributed by atoms with Crippen LogP contribution in [0.2, 0.25) is 0 Å². The summed E-state index contributed by atoms with van der Waals surface area (Å²) in [6.07, 6.45) is 0. The fourth-order valence-corrected chi connectivity index (χ4v) is 3.00. The van der Waals surface area contributed by atoms with Crippen LogP contribution in [0, 0.1) is 5.92 Å². The van der Waals surface area contributed by atoms with E-state index in [9.17, 15) is 5.11 Å². The molecular weight excluding hydrogens is 248 g/mol. The molecule has 3 heteroatoms. The van der Waals surface area contributed by atoms with Crippen LogP contribution in [0.15, 0.2) is 30.3 Å². The first-order valence-corrected chi connectivity index (χ1v) is 7.45. The molecule has 1 radical (unpaired) electrons. The van der Waals surface area contributed by atoms with Gasteiger partial charge in [-0.05, 0) is 18.4 Å². The lowest BCUT2D eigenvalue weighted by molar-refractivity contribution is -0.0298. The van der Waals surface area contributed by atoms with Crippen molar-refractivity contribution < 1.29 is 5.11 Å². The van der Waals surface area contributed by atoms with Crippen molar-refractivity contribution in [1.82, 2.24) is 9.80 Å². The first kappa shape index (κ1) is 15.5. The van der Waals surface area contributed by atoms with Crippen molar-refractivity contribution in [2.24, 2.45) is 0 Å². The number of benzene rings is 1. The van der Waals surface area contributed by atoms with Gasteiger partial charge in [0.15, 0.2) is 0 Å². The van der Waals surface area contributed by atoms with Gasteiger partial charge in [-0.1, -0.05) is 44.2 Å². The van der Waals surface area contributed by atoms with E-state index in [1.807, 2.05) is 6.07 Å². The molecule has 2 rings (SSSR count). The summed E-state index contributed by atoms with van der Waals surface area (Å²) in [7, 11) is 0. The molecule has 0 amide bonds. The molecule has 0 aliphatic carbocycles. The molecular formula is C17H27N2O. The fraction of sp³-hybridized carbons (Fsp3) is 0.588. The summed E-state index contributed by atoms with van der Waals surface area (Å²) in [6, 6.07) is 10.5. The Morgan fingerprint density at radius 3 is 2.50 bits per heavy atom. The van der Waals surface area contributed by atoms with Gasteiger partial charge in [-0.15, -0.1) is 0 Å². The second-order valence-corrected chi connectivity index (χ2v) is 6.48. The number of aliphatic hydroxyl groups is 1. The Balaban J connectivity index is 2.03. The smallest absolute Gasteiger partial charge is 0.0625 e. The van der Waals surface area contributed by atoms with Crippen LogP contribution in [0.25, 0.3) is 0 Å². The molecule has 0 bridgehead atoms. The minimum Gasteiger partial charge on any atom is -0.394 e. The van der Waals surface area contributed by atoms with Gasteiger partial charge in [0.05, 0.1) is 12.1 Å². The molecule has 1 saturated heterocycles. The Kier molecular flexibility index (Phi) is 5.19. The van der Waals surface area contributed by atoms with Gasteiger partial charge in [-0.2, -0.15) is 0 Å². The van der Waals surface area contributed by atoms with Gasteiger partial charge in [0, 0.05) is 32.7 Å². The predicted octanol–water partition coefficient (Wildman–Crippen LogP) is 2.17. The van der Waals surface area contributed by atoms with E-state index in [0.29, 0.717) is 0 Å². The van der Waals surface area contributed by atoms with Gasteiger partial charge >= 0.3 is 0 Å². The molecule has 1 unspecified atom stereocenters. The maximum Gasteiger partial charge on any atom is 0.0625 e. The van der Waals surface area contributed by atoms with Crippen molar-refractivity contribution in [2.45, 2.75) is 32.9 Å². The van der Waals surface area contributed by atoms with Gasteiger partial charge < -0.3 is 5.11 Å². The van der Waals surface area contributed by atoms with Crippen LogP contribution >= 0.6 is 0 Å². The number of piperazine rings is 1. The Labute approximate surface area is 123 Å². The Bertz CT molecular complexity index is 407. The number of hydrogen-bond acceptors (Lipinski definition) is 3. The van der Waals surface area contributed by atoms with E-state index in [2.05, 4.69) is 54.8 Å². The average Bonchev–Trinajstić information content (AvgIpc) is 2.42. The van der Waals surface area contributed by atoms with E-state index in [1.165, 1.54) is 11.5 Å². The van der Waals surface area contributed by atoms with Gasteiger partial charge in [-0.3, -0.25) is 9.80 Å². The molecule has 0 aromatic heterocycles. The van der Waals surface area contributed by atoms with E-state index < -0.39 is 0 Å². The summed E-state index contributed by atoms with van der Waals surface area (Å²) in [5, 5.41) is 9.88. The second-order valence-electron chi connectivity index (χ2n) is 6.48. The summed E-state index contributed by atoms with van der Waals surface area (Å²) >= 11 is 0. The molecule has 1 atom stereocenters. The molecule has 0 saturated carbocycles. The van der Waals surface area contributed by atoms with Crippen molar-refractivity contribution in [2.75, 3.05) is 32.8 Å². The predicted molar refractivity (Wildman–Crippen MR) is 83.4 cm³/mol. The van der Waals surface area contributed by atoms with Crippen molar-refractivity contribution in [3.05, 3.63) is 41.8 Å². The topological polar surface area (TPSA) is 26.7 Å². The molecule has 3 nitrogen and oxygen atoms in total. The number of aliphatic hydroxyl groups excluding tert-OH is 1. The third kappa shape index (κ3) is 3.81. The highest BCUT2D eigenvalue weighted by Gasteiger charge is 2.37. The van der Waals surface area contributed by atoms with Crippen LogP contribution in [-0.4, -0.2) is 53.2 Å². The minimum absolute atomic E-state index is 0.149. The van der Waals surface area contributed by atoms with Crippen LogP contribution in [0.3, 0.4) is 0 Å². The first-order chi connectivity index (χ1) is 9.53. The zero-order valence-electron chi connectivity index (χ0n) is 13.0. The highest BCUT2D eigenvalue weighted by Crippen LogP contribution is 2.24. The largest absolute Gasteiger partial charge is 0.394 e. The molecule has 1 fully saturated rings. The van der Waals surface area contributed by atoms with Crippen LogP contribution in [0.1, 0.15) is 26.3 Å². The van der Waals surface area contributed by atoms with Gasteiger partial charge in [-0.25, -0.2) is 0 Å². The number of nitrogens with zero attached hydrogens (tertiary/aromatic N) is 2. The Morgan fingerprint density at radius 1 is 1.20 bits per heavy atom. The van der Waals surface area contributed by atoms with Crippen molar-refractivity contribution in [3.63, 3.8) is 0 Å². The summed E-state index contributed by atoms with van der Waals surface area (Å²) in [5.74, 6) is 1.43. The van der Waals surface area contributed by atoms with E-state index >= 15 is 0 Å². The lowest BCUT2D eigenvalue weighted by Gasteiger charge is -2.48. The molecule has 1 heterocycles. The lowest BCUT2D eigenvalue weighted by atomic mass is 9.95. The number of rotatable bonds is 5. The summed E-state index contributed by atoms with van der Waals surface area (Å²) in [4.78, 5) is 4.87. The molecule has 1 aliphatic heterocycles. The second kappa shape index (κ2) is 6.70. The van der Waals surface area contributed by atoms with Gasteiger partial charge in [0.1, 0.15) is 0 Å². The third-order valence-electron chi connectivity index (χ3n) is 4.11. The van der Waals surface area contributed by atoms with Crippen LogP contribution in [0.5, 0.6) is 0 Å². The summed E-state index contributed by atoms with van der Waals surface area (Å²) in [6.45, 7) is 11.7. The molecule has 1 N–H and O–H groups in total. The lowest BCUT2D eigenvalue weighted by Crippen LogP contribution is -2.62. The van der Waals surface area contributed by atoms with Crippen LogP contribution < -0.4 is 0 Å². The molecule has 1 aliphatic rings. The van der Waals surface area contributed by atoms with E-state index in [4.69, 9.17) is 0 Å². The quantitative estimate of drug-likeness (QED) is 0.892. The maximum atomic E-state index is 9.88. The van der Waals surface area contributed by atoms with E-state index in [0.717, 1.165) is 32.7 Å². The average molecular weight is 275 g/mol. The van der Waals surface area contributed by atoms with Crippen LogP contribution in [0.4, 0.5) is 0 Å². The van der Waals surface area contributed by atoms with Crippen molar-refractivity contribution in [1.29, 1.82) is 0 Å². The molecule has 1 aromatic carbocycles. The van der Waals surface area contributed by atoms with Gasteiger partial charge in [0.25, 0.3) is 0 Å². The molecule has 0 spiro atoms. The minimum atomic E-state index is -0.149. The van der Waals surface area contributed by atoms with Gasteiger partial charge in [0.2, 0.25) is 0 Å². The molecule has 20 heavy (non-hydrogen) atoms. The monoisotopic (exact) mass is 275 g/mol. The fourth-order valence-electron chi connectivity index (χ4n) is 3.00. The standard InChI is InChI=1S/C17H27N2O/c1-15(2)11-18-9-10-19(17(3,13-18)14-20)12-16-7-5-4-6-8-16/h4-8,20H,9-14H2,1-3H3. The van der Waals surface area contributed by atoms with Crippen molar-refractivity contribution in [3.8, 4) is 0 Å². The third-order valence-corrected chi connectivity index (χ3v) is 4.11. The van der Waals surface area contributed by atoms with Crippen molar-refractivity contribution >= 4 is 0 Å². The summed E-state index contributed by atoms with van der Waals surface area (Å²) < 4.78 is 0. The SMILES string of the molecule is C[C](C)CN1CCN(Cc2ccccc2)C(C)(CO)C1. The molecule has 111 valence electrons.